The number of esters is 1. The van der Waals surface area contributed by atoms with Gasteiger partial charge in [0.1, 0.15) is 28.6 Å². The Hall–Kier alpha value is -4.03. The van der Waals surface area contributed by atoms with Crippen molar-refractivity contribution in [1.29, 1.82) is 0 Å². The topological polar surface area (TPSA) is 68.7 Å². The van der Waals surface area contributed by atoms with E-state index >= 15 is 0 Å². The molecular weight excluding hydrogens is 530 g/mol. The van der Waals surface area contributed by atoms with E-state index in [-0.39, 0.29) is 23.0 Å². The van der Waals surface area contributed by atoms with Crippen LogP contribution in [0.5, 0.6) is 5.75 Å². The Morgan fingerprint density at radius 1 is 1.00 bits per heavy atom. The van der Waals surface area contributed by atoms with Crippen molar-refractivity contribution in [2.75, 3.05) is 0 Å². The number of thioether (sulfide) groups is 1. The lowest BCUT2D eigenvalue weighted by molar-refractivity contribution is -0.160. The van der Waals surface area contributed by atoms with Gasteiger partial charge in [0.25, 0.3) is 0 Å². The lowest BCUT2D eigenvalue weighted by atomic mass is 9.82. The number of aliphatic hydroxyl groups excluding tert-OH is 1. The van der Waals surface area contributed by atoms with Crippen molar-refractivity contribution >= 4 is 17.7 Å². The third-order valence-corrected chi connectivity index (χ3v) is 8.54. The first-order valence-electron chi connectivity index (χ1n) is 13.9. The Kier molecular flexibility index (Phi) is 8.79. The molecule has 0 fully saturated rings. The molecule has 0 saturated heterocycles. The molecule has 1 aromatic heterocycles. The van der Waals surface area contributed by atoms with Gasteiger partial charge in [-0.1, -0.05) is 86.3 Å². The van der Waals surface area contributed by atoms with Crippen molar-refractivity contribution in [2.45, 2.75) is 63.1 Å². The van der Waals surface area contributed by atoms with Crippen LogP contribution in [0.2, 0.25) is 0 Å². The van der Waals surface area contributed by atoms with Gasteiger partial charge < -0.3 is 14.6 Å². The smallest absolute Gasteiger partial charge is 0.349 e. The average Bonchev–Trinajstić information content (AvgIpc) is 2.98. The van der Waals surface area contributed by atoms with Crippen LogP contribution in [0, 0.1) is 6.92 Å². The summed E-state index contributed by atoms with van der Waals surface area (Å²) in [7, 11) is 0. The largest absolute Gasteiger partial charge is 0.511 e. The van der Waals surface area contributed by atoms with E-state index in [2.05, 4.69) is 49.2 Å². The SMILES string of the molecule is Cc1ccc(C(C)C)c(SC2=C(O)CC(CCc3ccccc3)(c3ccc(OCc4cccnc4)cc3)OC2=O)c1. The Morgan fingerprint density at radius 3 is 2.44 bits per heavy atom. The van der Waals surface area contributed by atoms with Crippen LogP contribution in [0.25, 0.3) is 0 Å². The fourth-order valence-electron chi connectivity index (χ4n) is 5.09. The molecule has 5 nitrogen and oxygen atoms in total. The summed E-state index contributed by atoms with van der Waals surface area (Å²) in [6, 6.07) is 27.8. The first-order valence-corrected chi connectivity index (χ1v) is 14.7. The molecule has 1 atom stereocenters. The van der Waals surface area contributed by atoms with Gasteiger partial charge in [0.2, 0.25) is 0 Å². The van der Waals surface area contributed by atoms with Crippen LogP contribution in [-0.2, 0) is 28.2 Å². The molecule has 1 aliphatic rings. The second-order valence-corrected chi connectivity index (χ2v) is 11.8. The molecule has 0 radical (unpaired) electrons. The zero-order chi connectivity index (χ0) is 28.8. The molecule has 41 heavy (non-hydrogen) atoms. The van der Waals surface area contributed by atoms with Gasteiger partial charge in [0.15, 0.2) is 0 Å². The highest BCUT2D eigenvalue weighted by molar-refractivity contribution is 8.04. The molecule has 0 spiro atoms. The highest BCUT2D eigenvalue weighted by Gasteiger charge is 2.43. The van der Waals surface area contributed by atoms with E-state index in [1.807, 2.05) is 61.5 Å². The highest BCUT2D eigenvalue weighted by Crippen LogP contribution is 2.46. The van der Waals surface area contributed by atoms with Gasteiger partial charge in [-0.3, -0.25) is 4.98 Å². The molecule has 3 aromatic carbocycles. The van der Waals surface area contributed by atoms with Crippen molar-refractivity contribution < 1.29 is 19.4 Å². The number of aromatic nitrogens is 1. The second kappa shape index (κ2) is 12.6. The van der Waals surface area contributed by atoms with Crippen molar-refractivity contribution in [2.24, 2.45) is 0 Å². The van der Waals surface area contributed by atoms with Crippen LogP contribution in [0.3, 0.4) is 0 Å². The Labute approximate surface area is 246 Å². The van der Waals surface area contributed by atoms with Crippen LogP contribution in [0.1, 0.15) is 60.4 Å². The standard InChI is InChI=1S/C35H35NO4S/c1-24(2)30-16-11-25(3)20-32(30)41-33-31(37)21-35(40-34(33)38,18-17-26-8-5-4-6-9-26)28-12-14-29(15-13-28)39-23-27-10-7-19-36-22-27/h4-16,19-20,22,24,37H,17-18,21,23H2,1-3H3. The number of pyridine rings is 1. The average molecular weight is 566 g/mol. The summed E-state index contributed by atoms with van der Waals surface area (Å²) in [5, 5.41) is 11.4. The number of nitrogens with zero attached hydrogens (tertiary/aromatic N) is 1. The molecule has 5 rings (SSSR count). The third-order valence-electron chi connectivity index (χ3n) is 7.36. The summed E-state index contributed by atoms with van der Waals surface area (Å²) in [6.45, 7) is 6.69. The molecule has 0 aliphatic carbocycles. The van der Waals surface area contributed by atoms with Gasteiger partial charge in [-0.2, -0.15) is 0 Å². The fourth-order valence-corrected chi connectivity index (χ4v) is 6.29. The van der Waals surface area contributed by atoms with Crippen LogP contribution >= 0.6 is 11.8 Å². The van der Waals surface area contributed by atoms with E-state index in [0.29, 0.717) is 25.2 Å². The lowest BCUT2D eigenvalue weighted by Gasteiger charge is -2.37. The Balaban J connectivity index is 1.43. The summed E-state index contributed by atoms with van der Waals surface area (Å²) >= 11 is 1.30. The Bertz CT molecular complexity index is 1520. The van der Waals surface area contributed by atoms with E-state index in [0.717, 1.165) is 32.7 Å². The zero-order valence-corrected chi connectivity index (χ0v) is 24.5. The molecule has 6 heteroatoms. The predicted octanol–water partition coefficient (Wildman–Crippen LogP) is 8.43. The van der Waals surface area contributed by atoms with E-state index in [1.54, 1.807) is 12.4 Å². The summed E-state index contributed by atoms with van der Waals surface area (Å²) in [4.78, 5) is 19.0. The number of aliphatic hydroxyl groups is 1. The van der Waals surface area contributed by atoms with Crippen LogP contribution in [0.15, 0.2) is 113 Å². The number of hydrogen-bond acceptors (Lipinski definition) is 6. The van der Waals surface area contributed by atoms with Crippen LogP contribution < -0.4 is 4.74 Å². The lowest BCUT2D eigenvalue weighted by Crippen LogP contribution is -2.38. The summed E-state index contributed by atoms with van der Waals surface area (Å²) in [5.41, 5.74) is 4.18. The molecule has 0 bridgehead atoms. The van der Waals surface area contributed by atoms with Gasteiger partial charge in [-0.25, -0.2) is 4.79 Å². The molecule has 0 saturated carbocycles. The zero-order valence-electron chi connectivity index (χ0n) is 23.7. The number of carbonyl (C=O) groups excluding carboxylic acids is 1. The molecule has 4 aromatic rings. The van der Waals surface area contributed by atoms with Crippen molar-refractivity contribution in [3.63, 3.8) is 0 Å². The molecule has 210 valence electrons. The van der Waals surface area contributed by atoms with E-state index in [1.165, 1.54) is 11.8 Å². The maximum Gasteiger partial charge on any atom is 0.349 e. The molecule has 1 unspecified atom stereocenters. The van der Waals surface area contributed by atoms with Gasteiger partial charge in [0.05, 0.1) is 6.42 Å². The number of benzene rings is 3. The van der Waals surface area contributed by atoms with Gasteiger partial charge in [-0.05, 0) is 72.2 Å². The molecule has 1 aliphatic heterocycles. The van der Waals surface area contributed by atoms with E-state index in [9.17, 15) is 9.90 Å². The summed E-state index contributed by atoms with van der Waals surface area (Å²) in [5.74, 6) is 0.547. The quantitative estimate of drug-likeness (QED) is 0.195. The van der Waals surface area contributed by atoms with Crippen LogP contribution in [-0.4, -0.2) is 16.1 Å². The number of cyclic esters (lactones) is 1. The van der Waals surface area contributed by atoms with Gasteiger partial charge in [0, 0.05) is 22.9 Å². The van der Waals surface area contributed by atoms with Crippen molar-refractivity contribution in [3.8, 4) is 5.75 Å². The van der Waals surface area contributed by atoms with Gasteiger partial charge in [-0.15, -0.1) is 0 Å². The fraction of sp³-hybridized carbons (Fsp3) is 0.257. The Morgan fingerprint density at radius 2 is 1.76 bits per heavy atom. The highest BCUT2D eigenvalue weighted by atomic mass is 32.2. The number of aryl methyl sites for hydroxylation is 2. The third kappa shape index (κ3) is 6.83. The molecule has 1 N–H and O–H groups in total. The molecular formula is C35H35NO4S. The monoisotopic (exact) mass is 565 g/mol. The van der Waals surface area contributed by atoms with Crippen molar-refractivity contribution in [3.05, 3.63) is 136 Å². The van der Waals surface area contributed by atoms with E-state index in [4.69, 9.17) is 9.47 Å². The summed E-state index contributed by atoms with van der Waals surface area (Å²) < 4.78 is 12.3. The first kappa shape index (κ1) is 28.5. The molecule has 0 amide bonds. The maximum atomic E-state index is 13.6. The van der Waals surface area contributed by atoms with Crippen molar-refractivity contribution in [1.82, 2.24) is 4.98 Å². The number of hydrogen-bond donors (Lipinski definition) is 1. The minimum absolute atomic E-state index is 0.0624. The minimum atomic E-state index is -1.00. The summed E-state index contributed by atoms with van der Waals surface area (Å²) in [6.07, 6.45) is 4.93. The molecule has 2 heterocycles. The minimum Gasteiger partial charge on any atom is -0.511 e. The van der Waals surface area contributed by atoms with Crippen LogP contribution in [0.4, 0.5) is 0 Å². The number of carbonyl (C=O) groups is 1. The number of rotatable bonds is 10. The normalized spacial score (nSPS) is 17.0. The predicted molar refractivity (Wildman–Crippen MR) is 163 cm³/mol. The van der Waals surface area contributed by atoms with Gasteiger partial charge >= 0.3 is 5.97 Å². The second-order valence-electron chi connectivity index (χ2n) is 10.8. The first-order chi connectivity index (χ1) is 19.8. The maximum absolute atomic E-state index is 13.6. The number of ether oxygens (including phenoxy) is 2. The van der Waals surface area contributed by atoms with E-state index < -0.39 is 11.6 Å².